The minimum atomic E-state index is 0.0581. The van der Waals surface area contributed by atoms with E-state index < -0.39 is 0 Å². The third-order valence-corrected chi connectivity index (χ3v) is 3.96. The minimum absolute atomic E-state index is 0.0581. The molecule has 0 fully saturated rings. The normalized spacial score (nSPS) is 17.8. The van der Waals surface area contributed by atoms with Gasteiger partial charge < -0.3 is 10.4 Å². The molecule has 0 aliphatic carbocycles. The second-order valence-corrected chi connectivity index (χ2v) is 5.61. The summed E-state index contributed by atoms with van der Waals surface area (Å²) in [5.74, 6) is 0. The topological polar surface area (TPSA) is 32.3 Å². The third kappa shape index (κ3) is 5.89. The van der Waals surface area contributed by atoms with Crippen molar-refractivity contribution in [2.45, 2.75) is 38.9 Å². The molecule has 0 aromatic rings. The van der Waals surface area contributed by atoms with Gasteiger partial charge in [-0.3, -0.25) is 0 Å². The Morgan fingerprint density at radius 2 is 2.14 bits per heavy atom. The molecule has 0 aromatic heterocycles. The number of hydrogen-bond donors (Lipinski definition) is 2. The lowest BCUT2D eigenvalue weighted by molar-refractivity contribution is 0.135. The largest absolute Gasteiger partial charge is 0.396 e. The van der Waals surface area contributed by atoms with E-state index in [1.807, 2.05) is 11.8 Å². The molecule has 0 rings (SSSR count). The summed E-state index contributed by atoms with van der Waals surface area (Å²) in [5, 5.41) is 13.3. The van der Waals surface area contributed by atoms with Gasteiger partial charge in [-0.1, -0.05) is 20.8 Å². The van der Waals surface area contributed by atoms with Gasteiger partial charge in [0, 0.05) is 23.8 Å². The molecule has 14 heavy (non-hydrogen) atoms. The van der Waals surface area contributed by atoms with Crippen molar-refractivity contribution in [1.82, 2.24) is 5.32 Å². The number of hydrogen-bond acceptors (Lipinski definition) is 3. The molecule has 0 saturated carbocycles. The molecular formula is C11H25NOS. The van der Waals surface area contributed by atoms with Crippen molar-refractivity contribution in [1.29, 1.82) is 0 Å². The Kier molecular flexibility index (Phi) is 7.69. The lowest BCUT2D eigenvalue weighted by Gasteiger charge is -2.26. The van der Waals surface area contributed by atoms with Gasteiger partial charge in [-0.25, -0.2) is 0 Å². The summed E-state index contributed by atoms with van der Waals surface area (Å²) in [6.07, 6.45) is 4.37. The van der Waals surface area contributed by atoms with E-state index in [0.29, 0.717) is 0 Å². The van der Waals surface area contributed by atoms with Gasteiger partial charge >= 0.3 is 0 Å². The fraction of sp³-hybridized carbons (Fsp3) is 1.00. The predicted octanol–water partition coefficient (Wildman–Crippen LogP) is 2.13. The fourth-order valence-electron chi connectivity index (χ4n) is 1.11. The number of aliphatic hydroxyl groups is 1. The second-order valence-electron chi connectivity index (χ2n) is 4.33. The molecule has 0 aliphatic rings. The van der Waals surface area contributed by atoms with Gasteiger partial charge in [0.1, 0.15) is 0 Å². The van der Waals surface area contributed by atoms with Crippen LogP contribution in [0.4, 0.5) is 0 Å². The molecule has 0 amide bonds. The average molecular weight is 219 g/mol. The van der Waals surface area contributed by atoms with Crippen LogP contribution < -0.4 is 5.32 Å². The molecule has 0 heterocycles. The van der Waals surface area contributed by atoms with Crippen molar-refractivity contribution in [3.8, 4) is 0 Å². The smallest absolute Gasteiger partial charge is 0.0496 e. The van der Waals surface area contributed by atoms with Crippen molar-refractivity contribution in [2.75, 3.05) is 26.0 Å². The van der Waals surface area contributed by atoms with Gasteiger partial charge in [0.25, 0.3) is 0 Å². The lowest BCUT2D eigenvalue weighted by atomic mass is 9.89. The van der Waals surface area contributed by atoms with Crippen LogP contribution in [0.1, 0.15) is 33.6 Å². The van der Waals surface area contributed by atoms with Crippen LogP contribution in [0, 0.1) is 5.41 Å². The molecule has 0 spiro atoms. The van der Waals surface area contributed by atoms with Crippen molar-refractivity contribution < 1.29 is 5.11 Å². The van der Waals surface area contributed by atoms with Gasteiger partial charge in [-0.15, -0.1) is 0 Å². The van der Waals surface area contributed by atoms with Crippen molar-refractivity contribution in [3.63, 3.8) is 0 Å². The molecule has 0 aliphatic heterocycles. The molecule has 0 bridgehead atoms. The zero-order valence-corrected chi connectivity index (χ0v) is 10.8. The van der Waals surface area contributed by atoms with Crippen LogP contribution in [0.5, 0.6) is 0 Å². The summed E-state index contributed by atoms with van der Waals surface area (Å²) in [4.78, 5) is 0. The maximum atomic E-state index is 9.20. The van der Waals surface area contributed by atoms with E-state index in [0.717, 1.165) is 24.8 Å². The maximum absolute atomic E-state index is 9.20. The van der Waals surface area contributed by atoms with Crippen molar-refractivity contribution in [2.24, 2.45) is 5.41 Å². The predicted molar refractivity (Wildman–Crippen MR) is 65.9 cm³/mol. The lowest BCUT2D eigenvalue weighted by Crippen LogP contribution is -2.35. The molecule has 2 nitrogen and oxygen atoms in total. The first kappa shape index (κ1) is 14.3. The molecular weight excluding hydrogens is 194 g/mol. The van der Waals surface area contributed by atoms with Crippen LogP contribution in [0.3, 0.4) is 0 Å². The van der Waals surface area contributed by atoms with Crippen LogP contribution in [-0.2, 0) is 0 Å². The van der Waals surface area contributed by atoms with Gasteiger partial charge in [-0.2, -0.15) is 11.8 Å². The molecule has 0 radical (unpaired) electrons. The number of nitrogens with one attached hydrogen (secondary N) is 1. The standard InChI is InChI=1S/C11H25NOS/c1-5-11(3,9-13)8-12-7-6-10(2)14-4/h10,12-13H,5-9H2,1-4H3. The van der Waals surface area contributed by atoms with E-state index >= 15 is 0 Å². The summed E-state index contributed by atoms with van der Waals surface area (Å²) in [6.45, 7) is 8.74. The van der Waals surface area contributed by atoms with Crippen LogP contribution in [0.2, 0.25) is 0 Å². The van der Waals surface area contributed by atoms with E-state index in [1.165, 1.54) is 6.42 Å². The second kappa shape index (κ2) is 7.55. The van der Waals surface area contributed by atoms with Crippen LogP contribution in [0.25, 0.3) is 0 Å². The molecule has 0 aromatic carbocycles. The zero-order valence-electron chi connectivity index (χ0n) is 9.97. The summed E-state index contributed by atoms with van der Waals surface area (Å²) < 4.78 is 0. The Bertz CT molecular complexity index is 137. The highest BCUT2D eigenvalue weighted by Crippen LogP contribution is 2.18. The number of aliphatic hydroxyl groups excluding tert-OH is 1. The van der Waals surface area contributed by atoms with Crippen molar-refractivity contribution in [3.05, 3.63) is 0 Å². The van der Waals surface area contributed by atoms with Crippen LogP contribution >= 0.6 is 11.8 Å². The highest BCUT2D eigenvalue weighted by molar-refractivity contribution is 7.99. The molecule has 2 unspecified atom stereocenters. The number of rotatable bonds is 8. The quantitative estimate of drug-likeness (QED) is 0.613. The SMILES string of the molecule is CCC(C)(CO)CNCCC(C)SC. The van der Waals surface area contributed by atoms with Crippen LogP contribution in [0.15, 0.2) is 0 Å². The third-order valence-electron chi connectivity index (χ3n) is 2.92. The Hall–Kier alpha value is 0.270. The van der Waals surface area contributed by atoms with Gasteiger partial charge in [-0.05, 0) is 25.6 Å². The van der Waals surface area contributed by atoms with E-state index in [9.17, 15) is 5.11 Å². The molecule has 0 saturated heterocycles. The number of thioether (sulfide) groups is 1. The first-order valence-electron chi connectivity index (χ1n) is 5.42. The Morgan fingerprint density at radius 3 is 2.57 bits per heavy atom. The van der Waals surface area contributed by atoms with E-state index in [4.69, 9.17) is 0 Å². The summed E-state index contributed by atoms with van der Waals surface area (Å²) >= 11 is 1.90. The maximum Gasteiger partial charge on any atom is 0.0496 e. The molecule has 2 N–H and O–H groups in total. The van der Waals surface area contributed by atoms with E-state index in [2.05, 4.69) is 32.3 Å². The van der Waals surface area contributed by atoms with Gasteiger partial charge in [0.05, 0.1) is 0 Å². The fourth-order valence-corrected chi connectivity index (χ4v) is 1.46. The first-order valence-corrected chi connectivity index (χ1v) is 6.71. The summed E-state index contributed by atoms with van der Waals surface area (Å²) in [6, 6.07) is 0. The Balaban J connectivity index is 3.52. The van der Waals surface area contributed by atoms with Gasteiger partial charge in [0.15, 0.2) is 0 Å². The van der Waals surface area contributed by atoms with Crippen molar-refractivity contribution >= 4 is 11.8 Å². The summed E-state index contributed by atoms with van der Waals surface area (Å²) in [5.41, 5.74) is 0.0581. The van der Waals surface area contributed by atoms with E-state index in [1.54, 1.807) is 0 Å². The highest BCUT2D eigenvalue weighted by Gasteiger charge is 2.19. The van der Waals surface area contributed by atoms with Crippen LogP contribution in [-0.4, -0.2) is 36.3 Å². The minimum Gasteiger partial charge on any atom is -0.396 e. The Labute approximate surface area is 92.9 Å². The molecule has 2 atom stereocenters. The molecule has 3 heteroatoms. The van der Waals surface area contributed by atoms with Gasteiger partial charge in [0.2, 0.25) is 0 Å². The zero-order chi connectivity index (χ0) is 11.0. The molecule has 86 valence electrons. The Morgan fingerprint density at radius 1 is 1.50 bits per heavy atom. The summed E-state index contributed by atoms with van der Waals surface area (Å²) in [7, 11) is 0. The van der Waals surface area contributed by atoms with E-state index in [-0.39, 0.29) is 12.0 Å². The average Bonchev–Trinajstić information content (AvgIpc) is 2.23. The first-order chi connectivity index (χ1) is 6.58. The monoisotopic (exact) mass is 219 g/mol. The highest BCUT2D eigenvalue weighted by atomic mass is 32.2.